The smallest absolute Gasteiger partial charge is 0.125 e. The zero-order valence-corrected chi connectivity index (χ0v) is 11.7. The molecule has 1 saturated heterocycles. The van der Waals surface area contributed by atoms with Crippen LogP contribution in [0.2, 0.25) is 0 Å². The highest BCUT2D eigenvalue weighted by Gasteiger charge is 2.21. The molecular weight excluding hydrogens is 230 g/mol. The Balaban J connectivity index is 2.00. The number of imidazole rings is 1. The summed E-state index contributed by atoms with van der Waals surface area (Å²) in [5, 5.41) is 3.44. The molecule has 3 nitrogen and oxygen atoms in total. The maximum absolute atomic E-state index is 4.52. The van der Waals surface area contributed by atoms with Crippen molar-refractivity contribution in [1.82, 2.24) is 14.9 Å². The van der Waals surface area contributed by atoms with E-state index in [9.17, 15) is 0 Å². The zero-order valence-electron chi connectivity index (χ0n) is 10.9. The summed E-state index contributed by atoms with van der Waals surface area (Å²) in [6.07, 6.45) is 7.97. The van der Waals surface area contributed by atoms with Gasteiger partial charge in [0.1, 0.15) is 5.82 Å². The number of rotatable bonds is 5. The molecule has 0 radical (unpaired) electrons. The van der Waals surface area contributed by atoms with E-state index in [1.807, 2.05) is 6.20 Å². The molecule has 1 aromatic rings. The molecule has 1 N–H and O–H groups in total. The van der Waals surface area contributed by atoms with Crippen molar-refractivity contribution in [2.45, 2.75) is 38.8 Å². The minimum Gasteiger partial charge on any atom is -0.334 e. The zero-order chi connectivity index (χ0) is 12.1. The molecule has 96 valence electrons. The molecule has 0 amide bonds. The van der Waals surface area contributed by atoms with Gasteiger partial charge in [-0.2, -0.15) is 11.8 Å². The summed E-state index contributed by atoms with van der Waals surface area (Å²) in [4.78, 5) is 4.52. The van der Waals surface area contributed by atoms with Crippen LogP contribution in [0.4, 0.5) is 0 Å². The van der Waals surface area contributed by atoms with E-state index in [-0.39, 0.29) is 0 Å². The molecule has 2 rings (SSSR count). The number of hydrogen-bond acceptors (Lipinski definition) is 3. The van der Waals surface area contributed by atoms with E-state index in [2.05, 4.69) is 46.8 Å². The third kappa shape index (κ3) is 3.26. The van der Waals surface area contributed by atoms with Crippen LogP contribution in [0.15, 0.2) is 12.4 Å². The number of hydrogen-bond donors (Lipinski definition) is 1. The fraction of sp³-hybridized carbons (Fsp3) is 0.769. The van der Waals surface area contributed by atoms with Gasteiger partial charge in [-0.15, -0.1) is 0 Å². The lowest BCUT2D eigenvalue weighted by atomic mass is 9.94. The normalized spacial score (nSPS) is 19.4. The monoisotopic (exact) mass is 253 g/mol. The number of aromatic nitrogens is 2. The van der Waals surface area contributed by atoms with Gasteiger partial charge in [0, 0.05) is 18.9 Å². The molecule has 0 spiro atoms. The first-order chi connectivity index (χ1) is 8.35. The Hall–Kier alpha value is -0.480. The fourth-order valence-corrected chi connectivity index (χ4v) is 3.77. The van der Waals surface area contributed by atoms with Crippen molar-refractivity contribution in [2.24, 2.45) is 5.92 Å². The fourth-order valence-electron chi connectivity index (χ4n) is 2.57. The largest absolute Gasteiger partial charge is 0.334 e. The van der Waals surface area contributed by atoms with Crippen molar-refractivity contribution in [3.63, 3.8) is 0 Å². The molecule has 1 aromatic heterocycles. The summed E-state index contributed by atoms with van der Waals surface area (Å²) < 4.78 is 2.25. The molecule has 0 saturated carbocycles. The van der Waals surface area contributed by atoms with Crippen LogP contribution in [0.25, 0.3) is 0 Å². The van der Waals surface area contributed by atoms with Gasteiger partial charge < -0.3 is 9.88 Å². The topological polar surface area (TPSA) is 29.9 Å². The van der Waals surface area contributed by atoms with Crippen molar-refractivity contribution in [1.29, 1.82) is 0 Å². The first-order valence-electron chi connectivity index (χ1n) is 6.61. The molecule has 17 heavy (non-hydrogen) atoms. The molecule has 0 bridgehead atoms. The Kier molecular flexibility index (Phi) is 4.92. The number of aryl methyl sites for hydroxylation is 1. The summed E-state index contributed by atoms with van der Waals surface area (Å²) in [5.74, 6) is 4.75. The van der Waals surface area contributed by atoms with Crippen LogP contribution < -0.4 is 5.32 Å². The second kappa shape index (κ2) is 6.45. The van der Waals surface area contributed by atoms with Crippen LogP contribution in [0, 0.1) is 5.92 Å². The molecule has 1 unspecified atom stereocenters. The Morgan fingerprint density at radius 1 is 1.53 bits per heavy atom. The van der Waals surface area contributed by atoms with Gasteiger partial charge in [-0.1, -0.05) is 0 Å². The van der Waals surface area contributed by atoms with Gasteiger partial charge in [0.25, 0.3) is 0 Å². The molecule has 0 aliphatic carbocycles. The van der Waals surface area contributed by atoms with Crippen molar-refractivity contribution in [3.05, 3.63) is 18.2 Å². The summed E-state index contributed by atoms with van der Waals surface area (Å²) in [6.45, 7) is 3.18. The molecule has 1 fully saturated rings. The van der Waals surface area contributed by atoms with Gasteiger partial charge in [-0.05, 0) is 50.7 Å². The molecule has 0 aromatic carbocycles. The van der Waals surface area contributed by atoms with E-state index < -0.39 is 0 Å². The van der Waals surface area contributed by atoms with Gasteiger partial charge in [0.2, 0.25) is 0 Å². The third-order valence-electron chi connectivity index (χ3n) is 3.66. The standard InChI is InChI=1S/C13H23N3S/c1-3-16-7-6-15-13(16)12(14-2)10-11-4-8-17-9-5-11/h6-7,11-12,14H,3-5,8-10H2,1-2H3. The van der Waals surface area contributed by atoms with Crippen molar-refractivity contribution in [3.8, 4) is 0 Å². The second-order valence-corrected chi connectivity index (χ2v) is 5.93. The van der Waals surface area contributed by atoms with E-state index in [1.165, 1.54) is 36.6 Å². The highest BCUT2D eigenvalue weighted by molar-refractivity contribution is 7.99. The average Bonchev–Trinajstić information content (AvgIpc) is 2.85. The van der Waals surface area contributed by atoms with Gasteiger partial charge in [0.05, 0.1) is 6.04 Å². The van der Waals surface area contributed by atoms with Gasteiger partial charge >= 0.3 is 0 Å². The highest BCUT2D eigenvalue weighted by atomic mass is 32.2. The van der Waals surface area contributed by atoms with Crippen LogP contribution >= 0.6 is 11.8 Å². The Morgan fingerprint density at radius 2 is 2.29 bits per heavy atom. The summed E-state index contributed by atoms with van der Waals surface area (Å²) >= 11 is 2.10. The average molecular weight is 253 g/mol. The Morgan fingerprint density at radius 3 is 2.94 bits per heavy atom. The molecular formula is C13H23N3S. The van der Waals surface area contributed by atoms with Crippen LogP contribution in [-0.4, -0.2) is 28.1 Å². The van der Waals surface area contributed by atoms with Crippen molar-refractivity contribution in [2.75, 3.05) is 18.6 Å². The van der Waals surface area contributed by atoms with Crippen LogP contribution in [0.1, 0.15) is 38.1 Å². The number of nitrogens with one attached hydrogen (secondary N) is 1. The minimum atomic E-state index is 0.415. The lowest BCUT2D eigenvalue weighted by Crippen LogP contribution is -2.25. The third-order valence-corrected chi connectivity index (χ3v) is 4.71. The second-order valence-electron chi connectivity index (χ2n) is 4.70. The maximum atomic E-state index is 4.52. The lowest BCUT2D eigenvalue weighted by Gasteiger charge is -2.26. The van der Waals surface area contributed by atoms with E-state index >= 15 is 0 Å². The van der Waals surface area contributed by atoms with Crippen LogP contribution in [-0.2, 0) is 6.54 Å². The first-order valence-corrected chi connectivity index (χ1v) is 7.76. The minimum absolute atomic E-state index is 0.415. The quantitative estimate of drug-likeness (QED) is 0.875. The van der Waals surface area contributed by atoms with E-state index in [0.717, 1.165) is 12.5 Å². The Labute approximate surface area is 108 Å². The molecule has 2 heterocycles. The maximum Gasteiger partial charge on any atom is 0.125 e. The lowest BCUT2D eigenvalue weighted by molar-refractivity contribution is 0.367. The predicted octanol–water partition coefficient (Wildman–Crippen LogP) is 2.70. The van der Waals surface area contributed by atoms with Gasteiger partial charge in [-0.3, -0.25) is 0 Å². The predicted molar refractivity (Wildman–Crippen MR) is 74.4 cm³/mol. The molecule has 1 aliphatic heterocycles. The van der Waals surface area contributed by atoms with Crippen LogP contribution in [0.5, 0.6) is 0 Å². The van der Waals surface area contributed by atoms with Crippen molar-refractivity contribution >= 4 is 11.8 Å². The molecule has 1 atom stereocenters. The summed E-state index contributed by atoms with van der Waals surface area (Å²) in [5.41, 5.74) is 0. The van der Waals surface area contributed by atoms with Gasteiger partial charge in [0.15, 0.2) is 0 Å². The highest BCUT2D eigenvalue weighted by Crippen LogP contribution is 2.30. The molecule has 1 aliphatic rings. The molecule has 4 heteroatoms. The van der Waals surface area contributed by atoms with Crippen molar-refractivity contribution < 1.29 is 0 Å². The van der Waals surface area contributed by atoms with Gasteiger partial charge in [-0.25, -0.2) is 4.98 Å². The Bertz CT molecular complexity index is 331. The van der Waals surface area contributed by atoms with E-state index in [1.54, 1.807) is 0 Å². The van der Waals surface area contributed by atoms with E-state index in [4.69, 9.17) is 0 Å². The summed E-state index contributed by atoms with van der Waals surface area (Å²) in [6, 6.07) is 0.415. The van der Waals surface area contributed by atoms with Crippen LogP contribution in [0.3, 0.4) is 0 Å². The SMILES string of the molecule is CCn1ccnc1C(CC1CCSCC1)NC. The number of thioether (sulfide) groups is 1. The number of nitrogens with zero attached hydrogens (tertiary/aromatic N) is 2. The summed E-state index contributed by atoms with van der Waals surface area (Å²) in [7, 11) is 2.05. The van der Waals surface area contributed by atoms with E-state index in [0.29, 0.717) is 6.04 Å². The first kappa shape index (κ1) is 13.0.